The van der Waals surface area contributed by atoms with Crippen molar-refractivity contribution in [2.75, 3.05) is 19.7 Å². The number of halogens is 1. The largest absolute Gasteiger partial charge is 0.493 e. The van der Waals surface area contributed by atoms with Gasteiger partial charge in [-0.1, -0.05) is 12.8 Å². The van der Waals surface area contributed by atoms with Crippen LogP contribution in [0.2, 0.25) is 0 Å². The standard InChI is InChI=1S/C15H20BrNO2/c1-2-19-14-8-7-12(11-13(14)16)15(18)17-9-5-3-4-6-10-17/h7-8,11H,2-6,9-10H2,1H3. The van der Waals surface area contributed by atoms with Gasteiger partial charge in [-0.15, -0.1) is 0 Å². The van der Waals surface area contributed by atoms with Crippen LogP contribution >= 0.6 is 15.9 Å². The zero-order valence-electron chi connectivity index (χ0n) is 11.3. The van der Waals surface area contributed by atoms with Gasteiger partial charge in [0, 0.05) is 18.7 Å². The molecule has 0 bridgehead atoms. The van der Waals surface area contributed by atoms with E-state index in [1.807, 2.05) is 30.0 Å². The van der Waals surface area contributed by atoms with Crippen LogP contribution in [0.3, 0.4) is 0 Å². The highest BCUT2D eigenvalue weighted by Crippen LogP contribution is 2.27. The lowest BCUT2D eigenvalue weighted by atomic mass is 10.2. The van der Waals surface area contributed by atoms with Crippen molar-refractivity contribution in [1.82, 2.24) is 4.90 Å². The van der Waals surface area contributed by atoms with Crippen molar-refractivity contribution in [2.45, 2.75) is 32.6 Å². The second-order valence-corrected chi connectivity index (χ2v) is 5.64. The zero-order valence-corrected chi connectivity index (χ0v) is 12.9. The summed E-state index contributed by atoms with van der Waals surface area (Å²) in [7, 11) is 0. The third-order valence-electron chi connectivity index (χ3n) is 3.37. The smallest absolute Gasteiger partial charge is 0.253 e. The summed E-state index contributed by atoms with van der Waals surface area (Å²) in [6.07, 6.45) is 4.70. The molecular weight excluding hydrogens is 306 g/mol. The van der Waals surface area contributed by atoms with E-state index in [9.17, 15) is 4.79 Å². The summed E-state index contributed by atoms with van der Waals surface area (Å²) in [6, 6.07) is 5.57. The van der Waals surface area contributed by atoms with Gasteiger partial charge in [-0.25, -0.2) is 0 Å². The number of carbonyl (C=O) groups is 1. The molecule has 0 radical (unpaired) electrons. The maximum absolute atomic E-state index is 12.4. The second kappa shape index (κ2) is 6.94. The normalized spacial score (nSPS) is 16.0. The molecule has 4 heteroatoms. The average Bonchev–Trinajstić information content (AvgIpc) is 2.69. The van der Waals surface area contributed by atoms with E-state index in [1.165, 1.54) is 12.8 Å². The van der Waals surface area contributed by atoms with Gasteiger partial charge in [-0.2, -0.15) is 0 Å². The molecule has 0 saturated carbocycles. The number of amides is 1. The topological polar surface area (TPSA) is 29.5 Å². The van der Waals surface area contributed by atoms with E-state index in [-0.39, 0.29) is 5.91 Å². The van der Waals surface area contributed by atoms with Gasteiger partial charge >= 0.3 is 0 Å². The van der Waals surface area contributed by atoms with Crippen LogP contribution in [-0.4, -0.2) is 30.5 Å². The van der Waals surface area contributed by atoms with E-state index < -0.39 is 0 Å². The Morgan fingerprint density at radius 2 is 1.95 bits per heavy atom. The molecule has 104 valence electrons. The average molecular weight is 326 g/mol. The number of hydrogen-bond acceptors (Lipinski definition) is 2. The van der Waals surface area contributed by atoms with E-state index in [1.54, 1.807) is 0 Å². The first kappa shape index (κ1) is 14.4. The molecule has 1 aliphatic heterocycles. The Bertz CT molecular complexity index is 440. The Morgan fingerprint density at radius 3 is 2.53 bits per heavy atom. The summed E-state index contributed by atoms with van der Waals surface area (Å²) in [6.45, 7) is 4.33. The highest BCUT2D eigenvalue weighted by molar-refractivity contribution is 9.10. The van der Waals surface area contributed by atoms with Crippen molar-refractivity contribution in [3.8, 4) is 5.75 Å². The van der Waals surface area contributed by atoms with E-state index >= 15 is 0 Å². The molecular formula is C15H20BrNO2. The maximum atomic E-state index is 12.4. The highest BCUT2D eigenvalue weighted by atomic mass is 79.9. The molecule has 1 heterocycles. The molecule has 0 unspecified atom stereocenters. The fourth-order valence-corrected chi connectivity index (χ4v) is 2.86. The van der Waals surface area contributed by atoms with Crippen LogP contribution < -0.4 is 4.74 Å². The molecule has 1 saturated heterocycles. The van der Waals surface area contributed by atoms with Gasteiger partial charge < -0.3 is 9.64 Å². The van der Waals surface area contributed by atoms with Crippen LogP contribution in [0.5, 0.6) is 5.75 Å². The lowest BCUT2D eigenvalue weighted by Crippen LogP contribution is -2.31. The van der Waals surface area contributed by atoms with Crippen molar-refractivity contribution >= 4 is 21.8 Å². The fourth-order valence-electron chi connectivity index (χ4n) is 2.36. The summed E-state index contributed by atoms with van der Waals surface area (Å²) < 4.78 is 6.31. The molecule has 0 atom stereocenters. The summed E-state index contributed by atoms with van der Waals surface area (Å²) in [4.78, 5) is 14.4. The van der Waals surface area contributed by atoms with Crippen molar-refractivity contribution < 1.29 is 9.53 Å². The van der Waals surface area contributed by atoms with Crippen LogP contribution in [0.25, 0.3) is 0 Å². The summed E-state index contributed by atoms with van der Waals surface area (Å²) in [5, 5.41) is 0. The number of likely N-dealkylation sites (tertiary alicyclic amines) is 1. The Balaban J connectivity index is 2.12. The Kier molecular flexibility index (Phi) is 5.25. The first-order valence-electron chi connectivity index (χ1n) is 6.94. The van der Waals surface area contributed by atoms with Crippen LogP contribution in [0.4, 0.5) is 0 Å². The molecule has 2 rings (SSSR count). The van der Waals surface area contributed by atoms with Crippen molar-refractivity contribution in [3.63, 3.8) is 0 Å². The van der Waals surface area contributed by atoms with E-state index in [2.05, 4.69) is 15.9 Å². The number of nitrogens with zero attached hydrogens (tertiary/aromatic N) is 1. The Morgan fingerprint density at radius 1 is 1.26 bits per heavy atom. The third kappa shape index (κ3) is 3.72. The van der Waals surface area contributed by atoms with Crippen LogP contribution in [0.1, 0.15) is 43.0 Å². The predicted octanol–water partition coefficient (Wildman–Crippen LogP) is 3.86. The minimum atomic E-state index is 0.130. The second-order valence-electron chi connectivity index (χ2n) is 4.78. The van der Waals surface area contributed by atoms with E-state index in [0.717, 1.165) is 41.7 Å². The first-order valence-corrected chi connectivity index (χ1v) is 7.73. The first-order chi connectivity index (χ1) is 9.22. The Labute approximate surface area is 123 Å². The van der Waals surface area contributed by atoms with Gasteiger partial charge in [0.15, 0.2) is 0 Å². The number of hydrogen-bond donors (Lipinski definition) is 0. The lowest BCUT2D eigenvalue weighted by molar-refractivity contribution is 0.0761. The molecule has 1 aromatic carbocycles. The SMILES string of the molecule is CCOc1ccc(C(=O)N2CCCCCC2)cc1Br. The molecule has 0 N–H and O–H groups in total. The van der Waals surface area contributed by atoms with Gasteiger partial charge in [0.25, 0.3) is 5.91 Å². The van der Waals surface area contributed by atoms with E-state index in [0.29, 0.717) is 6.61 Å². The number of ether oxygens (including phenoxy) is 1. The van der Waals surface area contributed by atoms with Gasteiger partial charge in [0.1, 0.15) is 5.75 Å². The molecule has 1 aromatic rings. The molecule has 1 amide bonds. The van der Waals surface area contributed by atoms with Crippen LogP contribution in [-0.2, 0) is 0 Å². The van der Waals surface area contributed by atoms with Gasteiger partial charge in [-0.3, -0.25) is 4.79 Å². The van der Waals surface area contributed by atoms with Gasteiger partial charge in [0.2, 0.25) is 0 Å². The number of carbonyl (C=O) groups excluding carboxylic acids is 1. The quantitative estimate of drug-likeness (QED) is 0.844. The summed E-state index contributed by atoms with van der Waals surface area (Å²) in [5.74, 6) is 0.917. The number of rotatable bonds is 3. The van der Waals surface area contributed by atoms with E-state index in [4.69, 9.17) is 4.74 Å². The molecule has 1 aliphatic rings. The molecule has 0 aliphatic carbocycles. The minimum absolute atomic E-state index is 0.130. The molecule has 3 nitrogen and oxygen atoms in total. The summed E-state index contributed by atoms with van der Waals surface area (Å²) >= 11 is 3.46. The molecule has 0 spiro atoms. The predicted molar refractivity (Wildman–Crippen MR) is 79.7 cm³/mol. The molecule has 0 aromatic heterocycles. The third-order valence-corrected chi connectivity index (χ3v) is 3.99. The fraction of sp³-hybridized carbons (Fsp3) is 0.533. The zero-order chi connectivity index (χ0) is 13.7. The number of benzene rings is 1. The molecule has 1 fully saturated rings. The molecule has 19 heavy (non-hydrogen) atoms. The van der Waals surface area contributed by atoms with Crippen LogP contribution in [0, 0.1) is 0 Å². The minimum Gasteiger partial charge on any atom is -0.493 e. The van der Waals surface area contributed by atoms with Gasteiger partial charge in [-0.05, 0) is 53.9 Å². The summed E-state index contributed by atoms with van der Waals surface area (Å²) in [5.41, 5.74) is 0.734. The monoisotopic (exact) mass is 325 g/mol. The van der Waals surface area contributed by atoms with Crippen molar-refractivity contribution in [2.24, 2.45) is 0 Å². The Hall–Kier alpha value is -1.03. The van der Waals surface area contributed by atoms with Crippen molar-refractivity contribution in [3.05, 3.63) is 28.2 Å². The van der Waals surface area contributed by atoms with Crippen molar-refractivity contribution in [1.29, 1.82) is 0 Å². The highest BCUT2D eigenvalue weighted by Gasteiger charge is 2.18. The van der Waals surface area contributed by atoms with Crippen LogP contribution in [0.15, 0.2) is 22.7 Å². The maximum Gasteiger partial charge on any atom is 0.253 e. The lowest BCUT2D eigenvalue weighted by Gasteiger charge is -2.20. The van der Waals surface area contributed by atoms with Gasteiger partial charge in [0.05, 0.1) is 11.1 Å².